The van der Waals surface area contributed by atoms with Crippen LogP contribution in [0.2, 0.25) is 0 Å². The fourth-order valence-corrected chi connectivity index (χ4v) is 4.97. The van der Waals surface area contributed by atoms with Gasteiger partial charge in [0.2, 0.25) is 5.91 Å². The Kier molecular flexibility index (Phi) is 5.53. The first-order valence-electron chi connectivity index (χ1n) is 10.4. The van der Waals surface area contributed by atoms with E-state index in [2.05, 4.69) is 15.5 Å². The molecule has 1 aromatic carbocycles. The van der Waals surface area contributed by atoms with Crippen LogP contribution < -0.4 is 10.6 Å². The van der Waals surface area contributed by atoms with Crippen molar-refractivity contribution in [2.24, 2.45) is 0 Å². The maximum absolute atomic E-state index is 13.5. The van der Waals surface area contributed by atoms with Crippen molar-refractivity contribution in [2.45, 2.75) is 56.5 Å². The average molecular weight is 388 g/mol. The molecule has 3 aliphatic rings. The molecule has 1 aliphatic carbocycles. The van der Waals surface area contributed by atoms with Crippen LogP contribution in [0, 0.1) is 5.82 Å². The third-order valence-electron chi connectivity index (χ3n) is 6.43. The SMILES string of the molecule is O=C(Nc1cccc(F)c1)NC1(C(=O)N2CCN3CCC[C@H]3C2)CCCCC1. The van der Waals surface area contributed by atoms with Crippen LogP contribution in [0.1, 0.15) is 44.9 Å². The first-order valence-corrected chi connectivity index (χ1v) is 10.4. The van der Waals surface area contributed by atoms with Gasteiger partial charge in [-0.3, -0.25) is 9.69 Å². The molecule has 7 heteroatoms. The molecule has 2 aliphatic heterocycles. The molecule has 6 nitrogen and oxygen atoms in total. The number of benzene rings is 1. The maximum atomic E-state index is 13.5. The van der Waals surface area contributed by atoms with Crippen molar-refractivity contribution in [3.8, 4) is 0 Å². The number of rotatable bonds is 3. The van der Waals surface area contributed by atoms with Crippen LogP contribution in [0.25, 0.3) is 0 Å². The summed E-state index contributed by atoms with van der Waals surface area (Å²) in [5.74, 6) is -0.358. The fraction of sp³-hybridized carbons (Fsp3) is 0.619. The minimum atomic E-state index is -0.851. The average Bonchev–Trinajstić information content (AvgIpc) is 3.15. The predicted molar refractivity (Wildman–Crippen MR) is 106 cm³/mol. The second-order valence-electron chi connectivity index (χ2n) is 8.32. The zero-order valence-corrected chi connectivity index (χ0v) is 16.3. The van der Waals surface area contributed by atoms with Crippen LogP contribution in [0.3, 0.4) is 0 Å². The summed E-state index contributed by atoms with van der Waals surface area (Å²) < 4.78 is 13.4. The Morgan fingerprint density at radius 3 is 2.68 bits per heavy atom. The Bertz CT molecular complexity index is 735. The van der Waals surface area contributed by atoms with Crippen LogP contribution >= 0.6 is 0 Å². The number of carbonyl (C=O) groups is 2. The van der Waals surface area contributed by atoms with Crippen molar-refractivity contribution in [2.75, 3.05) is 31.5 Å². The molecule has 2 saturated heterocycles. The van der Waals surface area contributed by atoms with Crippen molar-refractivity contribution in [1.29, 1.82) is 0 Å². The van der Waals surface area contributed by atoms with E-state index in [9.17, 15) is 14.0 Å². The summed E-state index contributed by atoms with van der Waals surface area (Å²) in [5, 5.41) is 5.66. The highest BCUT2D eigenvalue weighted by Crippen LogP contribution is 2.32. The van der Waals surface area contributed by atoms with Crippen LogP contribution in [-0.4, -0.2) is 59.5 Å². The van der Waals surface area contributed by atoms with Crippen LogP contribution in [0.5, 0.6) is 0 Å². The minimum Gasteiger partial charge on any atom is -0.338 e. The number of carbonyl (C=O) groups excluding carboxylic acids is 2. The molecule has 0 spiro atoms. The van der Waals surface area contributed by atoms with Gasteiger partial charge in [0, 0.05) is 31.4 Å². The smallest absolute Gasteiger partial charge is 0.320 e. The summed E-state index contributed by atoms with van der Waals surface area (Å²) in [5.41, 5.74) is -0.466. The molecule has 1 aromatic rings. The van der Waals surface area contributed by atoms with E-state index in [0.717, 1.165) is 51.9 Å². The van der Waals surface area contributed by atoms with Gasteiger partial charge in [-0.05, 0) is 50.4 Å². The summed E-state index contributed by atoms with van der Waals surface area (Å²) in [6.07, 6.45) is 6.60. The summed E-state index contributed by atoms with van der Waals surface area (Å²) >= 11 is 0. The van der Waals surface area contributed by atoms with E-state index in [0.29, 0.717) is 24.6 Å². The molecular formula is C21H29FN4O2. The molecular weight excluding hydrogens is 359 g/mol. The number of hydrogen-bond acceptors (Lipinski definition) is 3. The summed E-state index contributed by atoms with van der Waals surface area (Å²) in [6, 6.07) is 5.80. The third-order valence-corrected chi connectivity index (χ3v) is 6.43. The van der Waals surface area contributed by atoms with Gasteiger partial charge in [0.15, 0.2) is 0 Å². The number of urea groups is 1. The molecule has 0 aromatic heterocycles. The lowest BCUT2D eigenvalue weighted by Crippen LogP contribution is -2.64. The van der Waals surface area contributed by atoms with Crippen molar-refractivity contribution in [3.05, 3.63) is 30.1 Å². The van der Waals surface area contributed by atoms with E-state index in [4.69, 9.17) is 0 Å². The normalized spacial score (nSPS) is 24.5. The van der Waals surface area contributed by atoms with Crippen molar-refractivity contribution >= 4 is 17.6 Å². The van der Waals surface area contributed by atoms with E-state index in [1.54, 1.807) is 12.1 Å². The minimum absolute atomic E-state index is 0.0492. The molecule has 2 heterocycles. The van der Waals surface area contributed by atoms with E-state index in [1.807, 2.05) is 4.90 Å². The molecule has 28 heavy (non-hydrogen) atoms. The monoisotopic (exact) mass is 388 g/mol. The van der Waals surface area contributed by atoms with Crippen LogP contribution in [-0.2, 0) is 4.79 Å². The molecule has 0 radical (unpaired) electrons. The van der Waals surface area contributed by atoms with Crippen molar-refractivity contribution in [1.82, 2.24) is 15.1 Å². The molecule has 3 fully saturated rings. The zero-order valence-electron chi connectivity index (χ0n) is 16.3. The van der Waals surface area contributed by atoms with E-state index in [-0.39, 0.29) is 5.91 Å². The van der Waals surface area contributed by atoms with Gasteiger partial charge in [-0.1, -0.05) is 25.3 Å². The van der Waals surface area contributed by atoms with Crippen molar-refractivity contribution < 1.29 is 14.0 Å². The molecule has 2 N–H and O–H groups in total. The topological polar surface area (TPSA) is 64.7 Å². The number of fused-ring (bicyclic) bond motifs is 1. The first kappa shape index (κ1) is 19.2. The van der Waals surface area contributed by atoms with E-state index >= 15 is 0 Å². The Labute approximate surface area is 165 Å². The zero-order chi connectivity index (χ0) is 19.6. The van der Waals surface area contributed by atoms with E-state index in [1.165, 1.54) is 18.6 Å². The molecule has 4 rings (SSSR count). The lowest BCUT2D eigenvalue weighted by molar-refractivity contribution is -0.142. The Hall–Kier alpha value is -2.15. The van der Waals surface area contributed by atoms with Gasteiger partial charge >= 0.3 is 6.03 Å². The number of amides is 3. The standard InChI is InChI=1S/C21H29FN4O2/c22-16-6-4-7-17(14-16)23-20(28)24-21(9-2-1-3-10-21)19(27)26-13-12-25-11-5-8-18(25)15-26/h4,6-7,14,18H,1-3,5,8-13,15H2,(H2,23,24,28)/t18-/m0/s1. The van der Waals surface area contributed by atoms with Gasteiger partial charge in [0.05, 0.1) is 0 Å². The fourth-order valence-electron chi connectivity index (χ4n) is 4.97. The Morgan fingerprint density at radius 2 is 1.89 bits per heavy atom. The number of piperazine rings is 1. The van der Waals surface area contributed by atoms with E-state index < -0.39 is 17.4 Å². The lowest BCUT2D eigenvalue weighted by Gasteiger charge is -2.44. The Morgan fingerprint density at radius 1 is 1.07 bits per heavy atom. The highest BCUT2D eigenvalue weighted by Gasteiger charge is 2.45. The number of halogens is 1. The summed E-state index contributed by atoms with van der Waals surface area (Å²) in [6.45, 7) is 3.53. The van der Waals surface area contributed by atoms with Crippen molar-refractivity contribution in [3.63, 3.8) is 0 Å². The van der Waals surface area contributed by atoms with Gasteiger partial charge in [-0.25, -0.2) is 9.18 Å². The summed E-state index contributed by atoms with van der Waals surface area (Å²) in [7, 11) is 0. The van der Waals surface area contributed by atoms with Gasteiger partial charge < -0.3 is 15.5 Å². The highest BCUT2D eigenvalue weighted by atomic mass is 19.1. The van der Waals surface area contributed by atoms with Crippen LogP contribution in [0.4, 0.5) is 14.9 Å². The molecule has 3 amide bonds. The largest absolute Gasteiger partial charge is 0.338 e. The second-order valence-corrected chi connectivity index (χ2v) is 8.32. The molecule has 0 bridgehead atoms. The Balaban J connectivity index is 1.46. The van der Waals surface area contributed by atoms with Gasteiger partial charge in [0.25, 0.3) is 0 Å². The highest BCUT2D eigenvalue weighted by molar-refractivity contribution is 5.96. The van der Waals surface area contributed by atoms with Crippen LogP contribution in [0.15, 0.2) is 24.3 Å². The first-order chi connectivity index (χ1) is 13.6. The van der Waals surface area contributed by atoms with Gasteiger partial charge in [-0.15, -0.1) is 0 Å². The van der Waals surface area contributed by atoms with Gasteiger partial charge in [-0.2, -0.15) is 0 Å². The third kappa shape index (κ3) is 3.99. The number of nitrogens with zero attached hydrogens (tertiary/aromatic N) is 2. The molecule has 1 saturated carbocycles. The molecule has 0 unspecified atom stereocenters. The number of hydrogen-bond donors (Lipinski definition) is 2. The predicted octanol–water partition coefficient (Wildman–Crippen LogP) is 2.96. The number of nitrogens with one attached hydrogen (secondary N) is 2. The summed E-state index contributed by atoms with van der Waals surface area (Å²) in [4.78, 5) is 30.6. The lowest BCUT2D eigenvalue weighted by atomic mass is 9.80. The molecule has 1 atom stereocenters. The quantitative estimate of drug-likeness (QED) is 0.837. The maximum Gasteiger partial charge on any atom is 0.320 e. The molecule has 152 valence electrons. The number of anilines is 1. The van der Waals surface area contributed by atoms with Gasteiger partial charge in [0.1, 0.15) is 11.4 Å². The second kappa shape index (κ2) is 8.07.